The van der Waals surface area contributed by atoms with Crippen molar-refractivity contribution < 1.29 is 4.39 Å². The minimum Gasteiger partial charge on any atom is -0.359 e. The van der Waals surface area contributed by atoms with Gasteiger partial charge in [0.25, 0.3) is 0 Å². The fourth-order valence-electron chi connectivity index (χ4n) is 1.10. The Bertz CT molecular complexity index is 291. The van der Waals surface area contributed by atoms with E-state index in [9.17, 15) is 4.39 Å². The Morgan fingerprint density at radius 2 is 2.23 bits per heavy atom. The highest BCUT2D eigenvalue weighted by atomic mass is 79.9. The van der Waals surface area contributed by atoms with Gasteiger partial charge in [-0.05, 0) is 25.2 Å². The van der Waals surface area contributed by atoms with Gasteiger partial charge in [0.05, 0.1) is 12.4 Å². The quantitative estimate of drug-likeness (QED) is 0.824. The lowest BCUT2D eigenvalue weighted by Gasteiger charge is -2.19. The monoisotopic (exact) mass is 246 g/mol. The number of hydrogen-bond donors (Lipinski definition) is 1. The summed E-state index contributed by atoms with van der Waals surface area (Å²) in [5.41, 5.74) is 0.587. The van der Waals surface area contributed by atoms with Crippen LogP contribution in [0.15, 0.2) is 22.7 Å². The van der Waals surface area contributed by atoms with Crippen LogP contribution < -0.4 is 10.2 Å². The summed E-state index contributed by atoms with van der Waals surface area (Å²) in [4.78, 5) is 1.81. The molecule has 0 fully saturated rings. The SMILES string of the molecule is CNCN(C)c1cc(Br)ccc1F. The third kappa shape index (κ3) is 2.67. The number of hydrogen-bond acceptors (Lipinski definition) is 2. The Hall–Kier alpha value is -0.610. The second kappa shape index (κ2) is 4.58. The summed E-state index contributed by atoms with van der Waals surface area (Å²) >= 11 is 3.30. The number of nitrogens with zero attached hydrogens (tertiary/aromatic N) is 1. The largest absolute Gasteiger partial charge is 0.359 e. The van der Waals surface area contributed by atoms with Crippen LogP contribution in [-0.2, 0) is 0 Å². The fraction of sp³-hybridized carbons (Fsp3) is 0.333. The summed E-state index contributed by atoms with van der Waals surface area (Å²) in [7, 11) is 3.66. The molecule has 1 N–H and O–H groups in total. The van der Waals surface area contributed by atoms with E-state index >= 15 is 0 Å². The van der Waals surface area contributed by atoms with Crippen molar-refractivity contribution in [2.45, 2.75) is 0 Å². The molecular formula is C9H12BrFN2. The summed E-state index contributed by atoms with van der Waals surface area (Å²) in [5.74, 6) is -0.207. The van der Waals surface area contributed by atoms with Crippen LogP contribution in [0, 0.1) is 5.82 Å². The van der Waals surface area contributed by atoms with Crippen LogP contribution in [0.2, 0.25) is 0 Å². The molecule has 0 amide bonds. The molecule has 0 radical (unpaired) electrons. The smallest absolute Gasteiger partial charge is 0.146 e. The van der Waals surface area contributed by atoms with E-state index < -0.39 is 0 Å². The number of benzene rings is 1. The summed E-state index contributed by atoms with van der Waals surface area (Å²) in [5, 5.41) is 2.96. The van der Waals surface area contributed by atoms with Crippen molar-refractivity contribution in [2.24, 2.45) is 0 Å². The number of halogens is 2. The van der Waals surface area contributed by atoms with Gasteiger partial charge in [-0.15, -0.1) is 0 Å². The molecule has 0 aliphatic heterocycles. The average molecular weight is 247 g/mol. The van der Waals surface area contributed by atoms with Crippen molar-refractivity contribution in [1.29, 1.82) is 0 Å². The van der Waals surface area contributed by atoms with Crippen molar-refractivity contribution in [3.63, 3.8) is 0 Å². The maximum absolute atomic E-state index is 13.3. The third-order valence-electron chi connectivity index (χ3n) is 1.71. The van der Waals surface area contributed by atoms with E-state index in [2.05, 4.69) is 21.2 Å². The highest BCUT2D eigenvalue weighted by Crippen LogP contribution is 2.22. The molecule has 2 nitrogen and oxygen atoms in total. The lowest BCUT2D eigenvalue weighted by Crippen LogP contribution is -2.28. The van der Waals surface area contributed by atoms with E-state index in [0.29, 0.717) is 12.4 Å². The molecule has 1 aromatic rings. The second-order valence-electron chi connectivity index (χ2n) is 2.81. The molecule has 1 aromatic carbocycles. The Kier molecular flexibility index (Phi) is 3.69. The molecule has 72 valence electrons. The minimum absolute atomic E-state index is 0.207. The predicted octanol–water partition coefficient (Wildman–Crippen LogP) is 2.20. The van der Waals surface area contributed by atoms with E-state index in [1.165, 1.54) is 6.07 Å². The van der Waals surface area contributed by atoms with Crippen molar-refractivity contribution in [2.75, 3.05) is 25.7 Å². The van der Waals surface area contributed by atoms with Crippen molar-refractivity contribution >= 4 is 21.6 Å². The Morgan fingerprint density at radius 3 is 2.85 bits per heavy atom. The lowest BCUT2D eigenvalue weighted by molar-refractivity contribution is 0.618. The van der Waals surface area contributed by atoms with Gasteiger partial charge in [-0.1, -0.05) is 15.9 Å². The first-order chi connectivity index (χ1) is 6.15. The highest BCUT2D eigenvalue weighted by Gasteiger charge is 2.06. The fourth-order valence-corrected chi connectivity index (χ4v) is 1.45. The van der Waals surface area contributed by atoms with Gasteiger partial charge in [0.2, 0.25) is 0 Å². The molecule has 0 aliphatic carbocycles. The van der Waals surface area contributed by atoms with E-state index in [1.807, 2.05) is 14.1 Å². The maximum atomic E-state index is 13.3. The maximum Gasteiger partial charge on any atom is 0.146 e. The zero-order chi connectivity index (χ0) is 9.84. The molecule has 0 aliphatic rings. The van der Waals surface area contributed by atoms with Crippen molar-refractivity contribution in [1.82, 2.24) is 5.32 Å². The van der Waals surface area contributed by atoms with Gasteiger partial charge in [-0.3, -0.25) is 0 Å². The first kappa shape index (κ1) is 10.5. The van der Waals surface area contributed by atoms with Crippen LogP contribution in [0.5, 0.6) is 0 Å². The molecule has 0 saturated carbocycles. The topological polar surface area (TPSA) is 15.3 Å². The first-order valence-corrected chi connectivity index (χ1v) is 4.75. The normalized spacial score (nSPS) is 10.2. The molecule has 0 unspecified atom stereocenters. The van der Waals surface area contributed by atoms with Gasteiger partial charge in [0.1, 0.15) is 5.82 Å². The van der Waals surface area contributed by atoms with Gasteiger partial charge in [0, 0.05) is 11.5 Å². The van der Waals surface area contributed by atoms with Crippen LogP contribution in [0.3, 0.4) is 0 Å². The van der Waals surface area contributed by atoms with Gasteiger partial charge < -0.3 is 10.2 Å². The third-order valence-corrected chi connectivity index (χ3v) is 2.21. The zero-order valence-corrected chi connectivity index (χ0v) is 9.23. The van der Waals surface area contributed by atoms with Crippen LogP contribution in [0.4, 0.5) is 10.1 Å². The van der Waals surface area contributed by atoms with Gasteiger partial charge in [0.15, 0.2) is 0 Å². The molecule has 0 aromatic heterocycles. The van der Waals surface area contributed by atoms with Crippen molar-refractivity contribution in [3.05, 3.63) is 28.5 Å². The molecule has 0 saturated heterocycles. The summed E-state index contributed by atoms with van der Waals surface area (Å²) < 4.78 is 14.1. The summed E-state index contributed by atoms with van der Waals surface area (Å²) in [6.45, 7) is 0.618. The molecule has 4 heteroatoms. The van der Waals surface area contributed by atoms with Crippen LogP contribution in [0.1, 0.15) is 0 Å². The van der Waals surface area contributed by atoms with Crippen molar-refractivity contribution in [3.8, 4) is 0 Å². The summed E-state index contributed by atoms with van der Waals surface area (Å²) in [6.07, 6.45) is 0. The van der Waals surface area contributed by atoms with E-state index in [-0.39, 0.29) is 5.82 Å². The highest BCUT2D eigenvalue weighted by molar-refractivity contribution is 9.10. The first-order valence-electron chi connectivity index (χ1n) is 3.96. The predicted molar refractivity (Wildman–Crippen MR) is 56.4 cm³/mol. The Morgan fingerprint density at radius 1 is 1.54 bits per heavy atom. The average Bonchev–Trinajstić information content (AvgIpc) is 2.09. The van der Waals surface area contributed by atoms with Crippen LogP contribution >= 0.6 is 15.9 Å². The zero-order valence-electron chi connectivity index (χ0n) is 7.64. The molecule has 0 bridgehead atoms. The second-order valence-corrected chi connectivity index (χ2v) is 3.72. The lowest BCUT2D eigenvalue weighted by atomic mass is 10.3. The molecule has 0 heterocycles. The van der Waals surface area contributed by atoms with E-state index in [0.717, 1.165) is 4.47 Å². The number of anilines is 1. The molecule has 0 spiro atoms. The van der Waals surface area contributed by atoms with Crippen LogP contribution in [0.25, 0.3) is 0 Å². The van der Waals surface area contributed by atoms with E-state index in [4.69, 9.17) is 0 Å². The number of nitrogens with one attached hydrogen (secondary N) is 1. The summed E-state index contributed by atoms with van der Waals surface area (Å²) in [6, 6.07) is 4.89. The molecular weight excluding hydrogens is 235 g/mol. The molecule has 13 heavy (non-hydrogen) atoms. The van der Waals surface area contributed by atoms with Gasteiger partial charge >= 0.3 is 0 Å². The van der Waals surface area contributed by atoms with Crippen LogP contribution in [-0.4, -0.2) is 20.8 Å². The Balaban J connectivity index is 2.91. The molecule has 0 atom stereocenters. The Labute approximate surface area is 85.9 Å². The minimum atomic E-state index is -0.207. The molecule has 1 rings (SSSR count). The standard InChI is InChI=1S/C9H12BrFN2/c1-12-6-13(2)9-5-7(10)3-4-8(9)11/h3-5,12H,6H2,1-2H3. The van der Waals surface area contributed by atoms with Gasteiger partial charge in [-0.25, -0.2) is 4.39 Å². The van der Waals surface area contributed by atoms with E-state index in [1.54, 1.807) is 17.0 Å². The number of rotatable bonds is 3. The van der Waals surface area contributed by atoms with Gasteiger partial charge in [-0.2, -0.15) is 0 Å².